The summed E-state index contributed by atoms with van der Waals surface area (Å²) in [6.45, 7) is 2.54. The summed E-state index contributed by atoms with van der Waals surface area (Å²) in [6.07, 6.45) is 1.85. The molecule has 2 rings (SSSR count). The summed E-state index contributed by atoms with van der Waals surface area (Å²) in [6, 6.07) is 2.04. The van der Waals surface area contributed by atoms with Gasteiger partial charge in [0, 0.05) is 11.4 Å². The molecule has 0 radical (unpaired) electrons. The molecule has 2 aromatic heterocycles. The molecule has 2 aromatic rings. The van der Waals surface area contributed by atoms with Crippen LogP contribution in [0, 0.1) is 6.92 Å². The largest absolute Gasteiger partial charge is 0.469 e. The topological polar surface area (TPSA) is 64.1 Å². The normalized spacial score (nSPS) is 10.5. The van der Waals surface area contributed by atoms with E-state index in [2.05, 4.69) is 20.0 Å². The summed E-state index contributed by atoms with van der Waals surface area (Å²) in [5, 5.41) is 4.12. The highest BCUT2D eigenvalue weighted by Crippen LogP contribution is 2.27. The number of aryl methyl sites for hydroxylation is 1. The van der Waals surface area contributed by atoms with Gasteiger partial charge >= 0.3 is 5.97 Å². The van der Waals surface area contributed by atoms with Gasteiger partial charge < -0.3 is 10.1 Å². The molecule has 2 heterocycles. The molecule has 0 aliphatic carbocycles. The van der Waals surface area contributed by atoms with Crippen molar-refractivity contribution in [2.75, 3.05) is 19.0 Å². The van der Waals surface area contributed by atoms with E-state index >= 15 is 0 Å². The van der Waals surface area contributed by atoms with Crippen molar-refractivity contribution in [3.05, 3.63) is 17.3 Å². The van der Waals surface area contributed by atoms with Gasteiger partial charge in [0.15, 0.2) is 0 Å². The van der Waals surface area contributed by atoms with Crippen LogP contribution in [0.2, 0.25) is 0 Å². The number of ether oxygens (including phenoxy) is 1. The van der Waals surface area contributed by atoms with Crippen LogP contribution >= 0.6 is 11.3 Å². The quantitative estimate of drug-likeness (QED) is 0.842. The molecule has 5 nitrogen and oxygen atoms in total. The summed E-state index contributed by atoms with van der Waals surface area (Å²) in [5.41, 5.74) is 0. The molecule has 0 aromatic carbocycles. The van der Waals surface area contributed by atoms with Crippen LogP contribution in [0.4, 0.5) is 5.82 Å². The Morgan fingerprint density at radius 1 is 1.53 bits per heavy atom. The highest BCUT2D eigenvalue weighted by Gasteiger charge is 2.07. The molecular weight excluding hydrogens is 238 g/mol. The number of thiophene rings is 1. The number of hydrogen-bond donors (Lipinski definition) is 1. The van der Waals surface area contributed by atoms with Crippen LogP contribution in [-0.4, -0.2) is 29.6 Å². The van der Waals surface area contributed by atoms with Gasteiger partial charge in [-0.15, -0.1) is 11.3 Å². The molecule has 0 saturated heterocycles. The Kier molecular flexibility index (Phi) is 3.53. The van der Waals surface area contributed by atoms with Crippen LogP contribution in [-0.2, 0) is 9.53 Å². The van der Waals surface area contributed by atoms with Crippen LogP contribution in [0.15, 0.2) is 12.4 Å². The number of nitrogens with zero attached hydrogens (tertiary/aromatic N) is 2. The second-order valence-electron chi connectivity index (χ2n) is 3.55. The van der Waals surface area contributed by atoms with Crippen molar-refractivity contribution in [3.8, 4) is 0 Å². The van der Waals surface area contributed by atoms with Crippen molar-refractivity contribution in [2.24, 2.45) is 0 Å². The first kappa shape index (κ1) is 11.8. The highest BCUT2D eigenvalue weighted by molar-refractivity contribution is 7.18. The van der Waals surface area contributed by atoms with Crippen LogP contribution in [0.1, 0.15) is 11.3 Å². The summed E-state index contributed by atoms with van der Waals surface area (Å²) >= 11 is 1.63. The van der Waals surface area contributed by atoms with E-state index in [9.17, 15) is 4.79 Å². The summed E-state index contributed by atoms with van der Waals surface area (Å²) in [5.74, 6) is 0.535. The summed E-state index contributed by atoms with van der Waals surface area (Å²) in [7, 11) is 1.38. The van der Waals surface area contributed by atoms with E-state index in [-0.39, 0.29) is 5.97 Å². The molecule has 17 heavy (non-hydrogen) atoms. The molecule has 0 atom stereocenters. The predicted octanol–water partition coefficient (Wildman–Crippen LogP) is 1.97. The number of carbonyl (C=O) groups is 1. The lowest BCUT2D eigenvalue weighted by Crippen LogP contribution is -2.10. The van der Waals surface area contributed by atoms with Gasteiger partial charge in [-0.3, -0.25) is 4.79 Å². The van der Waals surface area contributed by atoms with E-state index < -0.39 is 0 Å². The molecule has 90 valence electrons. The fraction of sp³-hybridized carbons (Fsp3) is 0.364. The molecule has 1 N–H and O–H groups in total. The molecule has 0 aliphatic heterocycles. The molecule has 0 aliphatic rings. The second-order valence-corrected chi connectivity index (χ2v) is 4.79. The van der Waals surface area contributed by atoms with Gasteiger partial charge in [0.25, 0.3) is 0 Å². The summed E-state index contributed by atoms with van der Waals surface area (Å²) < 4.78 is 4.57. The first-order valence-corrected chi connectivity index (χ1v) is 6.04. The average molecular weight is 251 g/mol. The lowest BCUT2D eigenvalue weighted by atomic mass is 10.3. The Labute approximate surface area is 103 Å². The number of methoxy groups -OCH3 is 1. The Morgan fingerprint density at radius 2 is 2.35 bits per heavy atom. The van der Waals surface area contributed by atoms with Crippen molar-refractivity contribution in [1.29, 1.82) is 0 Å². The van der Waals surface area contributed by atoms with E-state index in [0.717, 1.165) is 16.0 Å². The van der Waals surface area contributed by atoms with Gasteiger partial charge in [-0.1, -0.05) is 0 Å². The first-order chi connectivity index (χ1) is 8.20. The minimum atomic E-state index is -0.232. The van der Waals surface area contributed by atoms with Gasteiger partial charge in [0.05, 0.1) is 18.9 Å². The van der Waals surface area contributed by atoms with E-state index in [4.69, 9.17) is 0 Å². The number of nitrogens with one attached hydrogen (secondary N) is 1. The van der Waals surface area contributed by atoms with Gasteiger partial charge in [-0.25, -0.2) is 9.97 Å². The van der Waals surface area contributed by atoms with Gasteiger partial charge in [0.1, 0.15) is 17.0 Å². The molecule has 0 spiro atoms. The molecule has 0 saturated carbocycles. The van der Waals surface area contributed by atoms with Crippen molar-refractivity contribution in [3.63, 3.8) is 0 Å². The zero-order valence-corrected chi connectivity index (χ0v) is 10.5. The number of esters is 1. The van der Waals surface area contributed by atoms with Gasteiger partial charge in [0.2, 0.25) is 0 Å². The van der Waals surface area contributed by atoms with E-state index in [0.29, 0.717) is 13.0 Å². The van der Waals surface area contributed by atoms with Crippen LogP contribution in [0.25, 0.3) is 10.2 Å². The maximum absolute atomic E-state index is 11.0. The lowest BCUT2D eigenvalue weighted by Gasteiger charge is -2.04. The Bertz CT molecular complexity index is 538. The Morgan fingerprint density at radius 3 is 3.12 bits per heavy atom. The maximum Gasteiger partial charge on any atom is 0.307 e. The molecule has 0 bridgehead atoms. The smallest absolute Gasteiger partial charge is 0.307 e. The molecule has 0 fully saturated rings. The SMILES string of the molecule is COC(=O)CCNc1ncnc2sc(C)cc12. The monoisotopic (exact) mass is 251 g/mol. The average Bonchev–Trinajstić information content (AvgIpc) is 2.70. The van der Waals surface area contributed by atoms with Crippen molar-refractivity contribution in [1.82, 2.24) is 9.97 Å². The fourth-order valence-electron chi connectivity index (χ4n) is 1.50. The Hall–Kier alpha value is -1.69. The Balaban J connectivity index is 2.10. The third kappa shape index (κ3) is 2.71. The van der Waals surface area contributed by atoms with Crippen LogP contribution in [0.5, 0.6) is 0 Å². The number of hydrogen-bond acceptors (Lipinski definition) is 6. The first-order valence-electron chi connectivity index (χ1n) is 5.22. The highest BCUT2D eigenvalue weighted by atomic mass is 32.1. The molecule has 0 unspecified atom stereocenters. The third-order valence-electron chi connectivity index (χ3n) is 2.30. The van der Waals surface area contributed by atoms with Crippen molar-refractivity contribution >= 4 is 33.3 Å². The number of rotatable bonds is 4. The minimum absolute atomic E-state index is 0.232. The van der Waals surface area contributed by atoms with E-state index in [1.54, 1.807) is 11.3 Å². The van der Waals surface area contributed by atoms with Crippen molar-refractivity contribution in [2.45, 2.75) is 13.3 Å². The minimum Gasteiger partial charge on any atom is -0.469 e. The zero-order chi connectivity index (χ0) is 12.3. The van der Waals surface area contributed by atoms with Crippen molar-refractivity contribution < 1.29 is 9.53 Å². The summed E-state index contributed by atoms with van der Waals surface area (Å²) in [4.78, 5) is 21.5. The molecule has 6 heteroatoms. The number of anilines is 1. The second kappa shape index (κ2) is 5.09. The van der Waals surface area contributed by atoms with Crippen LogP contribution in [0.3, 0.4) is 0 Å². The van der Waals surface area contributed by atoms with Gasteiger partial charge in [-0.05, 0) is 13.0 Å². The lowest BCUT2D eigenvalue weighted by molar-refractivity contribution is -0.140. The third-order valence-corrected chi connectivity index (χ3v) is 3.26. The number of fused-ring (bicyclic) bond motifs is 1. The van der Waals surface area contributed by atoms with E-state index in [1.807, 2.05) is 13.0 Å². The fourth-order valence-corrected chi connectivity index (χ4v) is 2.35. The number of carbonyl (C=O) groups excluding carboxylic acids is 1. The molecule has 0 amide bonds. The van der Waals surface area contributed by atoms with Crippen LogP contribution < -0.4 is 5.32 Å². The molecular formula is C11H13N3O2S. The van der Waals surface area contributed by atoms with Gasteiger partial charge in [-0.2, -0.15) is 0 Å². The van der Waals surface area contributed by atoms with E-state index in [1.165, 1.54) is 18.3 Å². The number of aromatic nitrogens is 2. The zero-order valence-electron chi connectivity index (χ0n) is 9.69. The standard InChI is InChI=1S/C11H13N3O2S/c1-7-5-8-10(12-4-3-9(15)16-2)13-6-14-11(8)17-7/h5-6H,3-4H2,1-2H3,(H,12,13,14). The predicted molar refractivity (Wildman–Crippen MR) is 67.3 cm³/mol. The maximum atomic E-state index is 11.0.